The van der Waals surface area contributed by atoms with E-state index in [9.17, 15) is 5.11 Å². The first-order chi connectivity index (χ1) is 12.2. The average Bonchev–Trinajstić information content (AvgIpc) is 3.38. The quantitative estimate of drug-likeness (QED) is 0.868. The van der Waals surface area contributed by atoms with Crippen molar-refractivity contribution >= 4 is 0 Å². The van der Waals surface area contributed by atoms with Crippen LogP contribution < -0.4 is 0 Å². The molecule has 2 aromatic rings. The lowest BCUT2D eigenvalue weighted by Gasteiger charge is -2.40. The summed E-state index contributed by atoms with van der Waals surface area (Å²) in [6.07, 6.45) is 1.95. The number of nitrogens with zero attached hydrogens (tertiary/aromatic N) is 4. The molecule has 2 heterocycles. The van der Waals surface area contributed by atoms with Crippen LogP contribution in [0.3, 0.4) is 0 Å². The van der Waals surface area contributed by atoms with Gasteiger partial charge in [0.25, 0.3) is 0 Å². The standard InChI is InChI=1S/C19H26N4O2/c1-14-11-22(13-18-20-19(21-25-18)16-7-8-16)9-10-23(14)12-17(24)15-5-3-2-4-6-15/h2-6,14,16-17,24H,7-13H2,1H3. The topological polar surface area (TPSA) is 65.6 Å². The van der Waals surface area contributed by atoms with Crippen LogP contribution in [0.2, 0.25) is 0 Å². The largest absolute Gasteiger partial charge is 0.387 e. The van der Waals surface area contributed by atoms with Crippen molar-refractivity contribution in [3.8, 4) is 0 Å². The first-order valence-electron chi connectivity index (χ1n) is 9.21. The number of rotatable bonds is 6. The van der Waals surface area contributed by atoms with Crippen LogP contribution in [0.25, 0.3) is 0 Å². The minimum Gasteiger partial charge on any atom is -0.387 e. The van der Waals surface area contributed by atoms with Gasteiger partial charge in [0.1, 0.15) is 0 Å². The second kappa shape index (κ2) is 7.23. The van der Waals surface area contributed by atoms with Crippen LogP contribution in [0.1, 0.15) is 49.1 Å². The fourth-order valence-electron chi connectivity index (χ4n) is 3.52. The molecule has 134 valence electrons. The van der Waals surface area contributed by atoms with Gasteiger partial charge in [0.05, 0.1) is 12.6 Å². The smallest absolute Gasteiger partial charge is 0.240 e. The third-order valence-electron chi connectivity index (χ3n) is 5.23. The van der Waals surface area contributed by atoms with E-state index in [0.717, 1.165) is 43.5 Å². The van der Waals surface area contributed by atoms with E-state index in [0.29, 0.717) is 18.5 Å². The third kappa shape index (κ3) is 4.08. The summed E-state index contributed by atoms with van der Waals surface area (Å²) < 4.78 is 5.40. The number of aliphatic hydroxyl groups is 1. The Morgan fingerprint density at radius 1 is 1.24 bits per heavy atom. The molecule has 2 aliphatic rings. The highest BCUT2D eigenvalue weighted by Gasteiger charge is 2.30. The summed E-state index contributed by atoms with van der Waals surface area (Å²) in [4.78, 5) is 9.25. The highest BCUT2D eigenvalue weighted by molar-refractivity contribution is 5.17. The Hall–Kier alpha value is -1.76. The summed E-state index contributed by atoms with van der Waals surface area (Å²) in [6.45, 7) is 6.45. The number of aliphatic hydroxyl groups excluding tert-OH is 1. The van der Waals surface area contributed by atoms with Crippen molar-refractivity contribution in [2.45, 2.75) is 44.4 Å². The average molecular weight is 342 g/mol. The fraction of sp³-hybridized carbons (Fsp3) is 0.579. The molecule has 2 unspecified atom stereocenters. The molecule has 4 rings (SSSR count). The SMILES string of the molecule is CC1CN(Cc2nc(C3CC3)no2)CCN1CC(O)c1ccccc1. The van der Waals surface area contributed by atoms with E-state index in [-0.39, 0.29) is 0 Å². The number of hydrogen-bond acceptors (Lipinski definition) is 6. The lowest BCUT2D eigenvalue weighted by atomic mass is 10.1. The maximum Gasteiger partial charge on any atom is 0.240 e. The second-order valence-electron chi connectivity index (χ2n) is 7.33. The van der Waals surface area contributed by atoms with E-state index >= 15 is 0 Å². The Kier molecular flexibility index (Phi) is 4.83. The molecular formula is C19H26N4O2. The Morgan fingerprint density at radius 2 is 2.04 bits per heavy atom. The van der Waals surface area contributed by atoms with E-state index < -0.39 is 6.10 Å². The minimum absolute atomic E-state index is 0.387. The number of aromatic nitrogens is 2. The van der Waals surface area contributed by atoms with Gasteiger partial charge in [-0.1, -0.05) is 35.5 Å². The van der Waals surface area contributed by atoms with Crippen LogP contribution in [0.5, 0.6) is 0 Å². The second-order valence-corrected chi connectivity index (χ2v) is 7.33. The molecule has 1 N–H and O–H groups in total. The zero-order valence-corrected chi connectivity index (χ0v) is 14.7. The monoisotopic (exact) mass is 342 g/mol. The van der Waals surface area contributed by atoms with Crippen molar-refractivity contribution in [3.63, 3.8) is 0 Å². The first kappa shape index (κ1) is 16.7. The Morgan fingerprint density at radius 3 is 2.76 bits per heavy atom. The predicted molar refractivity (Wildman–Crippen MR) is 94.0 cm³/mol. The van der Waals surface area contributed by atoms with Gasteiger partial charge in [-0.25, -0.2) is 0 Å². The summed E-state index contributed by atoms with van der Waals surface area (Å²) in [5.41, 5.74) is 0.982. The zero-order chi connectivity index (χ0) is 17.2. The lowest BCUT2D eigenvalue weighted by molar-refractivity contribution is 0.0328. The van der Waals surface area contributed by atoms with Crippen LogP contribution in [-0.2, 0) is 6.54 Å². The summed E-state index contributed by atoms with van der Waals surface area (Å²) in [7, 11) is 0. The Bertz CT molecular complexity index is 686. The molecule has 1 saturated heterocycles. The van der Waals surface area contributed by atoms with Crippen LogP contribution in [0.4, 0.5) is 0 Å². The summed E-state index contributed by atoms with van der Waals surface area (Å²) >= 11 is 0. The van der Waals surface area contributed by atoms with Gasteiger partial charge in [-0.15, -0.1) is 0 Å². The molecule has 1 aliphatic heterocycles. The zero-order valence-electron chi connectivity index (χ0n) is 14.7. The van der Waals surface area contributed by atoms with Crippen LogP contribution in [-0.4, -0.2) is 57.3 Å². The van der Waals surface area contributed by atoms with E-state index in [1.165, 1.54) is 12.8 Å². The summed E-state index contributed by atoms with van der Waals surface area (Å²) in [6, 6.07) is 10.3. The molecule has 6 nitrogen and oxygen atoms in total. The maximum absolute atomic E-state index is 10.5. The van der Waals surface area contributed by atoms with Crippen molar-refractivity contribution < 1.29 is 9.63 Å². The molecule has 6 heteroatoms. The Labute approximate surface area is 148 Å². The molecule has 0 amide bonds. The highest BCUT2D eigenvalue weighted by atomic mass is 16.5. The van der Waals surface area contributed by atoms with Crippen molar-refractivity contribution in [3.05, 3.63) is 47.6 Å². The molecule has 0 bridgehead atoms. The molecule has 2 fully saturated rings. The van der Waals surface area contributed by atoms with Crippen LogP contribution in [0.15, 0.2) is 34.9 Å². The van der Waals surface area contributed by atoms with Gasteiger partial charge in [0.15, 0.2) is 5.82 Å². The van der Waals surface area contributed by atoms with Crippen molar-refractivity contribution in [1.29, 1.82) is 0 Å². The van der Waals surface area contributed by atoms with Gasteiger partial charge in [0.2, 0.25) is 5.89 Å². The number of piperazine rings is 1. The van der Waals surface area contributed by atoms with E-state index in [1.807, 2.05) is 30.3 Å². The van der Waals surface area contributed by atoms with Gasteiger partial charge in [-0.05, 0) is 25.3 Å². The molecule has 1 aromatic heterocycles. The van der Waals surface area contributed by atoms with Gasteiger partial charge < -0.3 is 9.63 Å². The third-order valence-corrected chi connectivity index (χ3v) is 5.23. The molecule has 1 aliphatic carbocycles. The van der Waals surface area contributed by atoms with E-state index in [1.54, 1.807) is 0 Å². The van der Waals surface area contributed by atoms with E-state index in [4.69, 9.17) is 4.52 Å². The van der Waals surface area contributed by atoms with Gasteiger partial charge >= 0.3 is 0 Å². The number of benzene rings is 1. The molecule has 2 atom stereocenters. The van der Waals surface area contributed by atoms with Crippen molar-refractivity contribution in [2.24, 2.45) is 0 Å². The predicted octanol–water partition coefficient (Wildman–Crippen LogP) is 2.19. The summed E-state index contributed by atoms with van der Waals surface area (Å²) in [5, 5.41) is 14.6. The molecule has 1 saturated carbocycles. The maximum atomic E-state index is 10.5. The van der Waals surface area contributed by atoms with Crippen LogP contribution in [0, 0.1) is 0 Å². The van der Waals surface area contributed by atoms with Crippen molar-refractivity contribution in [2.75, 3.05) is 26.2 Å². The number of hydrogen-bond donors (Lipinski definition) is 1. The molecule has 25 heavy (non-hydrogen) atoms. The minimum atomic E-state index is -0.438. The lowest BCUT2D eigenvalue weighted by Crippen LogP contribution is -2.52. The van der Waals surface area contributed by atoms with Crippen LogP contribution >= 0.6 is 0 Å². The molecule has 0 spiro atoms. The highest BCUT2D eigenvalue weighted by Crippen LogP contribution is 2.38. The molecule has 0 radical (unpaired) electrons. The number of β-amino-alcohol motifs (C(OH)–C–C–N with tert-alkyl or cyclic N) is 1. The molecule has 1 aromatic carbocycles. The van der Waals surface area contributed by atoms with Gasteiger partial charge in [-0.3, -0.25) is 9.80 Å². The normalized spacial score (nSPS) is 23.7. The fourth-order valence-corrected chi connectivity index (χ4v) is 3.52. The first-order valence-corrected chi connectivity index (χ1v) is 9.21. The summed E-state index contributed by atoms with van der Waals surface area (Å²) in [5.74, 6) is 2.15. The molecular weight excluding hydrogens is 316 g/mol. The van der Waals surface area contributed by atoms with E-state index in [2.05, 4.69) is 26.9 Å². The van der Waals surface area contributed by atoms with Gasteiger partial charge in [-0.2, -0.15) is 4.98 Å². The van der Waals surface area contributed by atoms with Crippen molar-refractivity contribution in [1.82, 2.24) is 19.9 Å². The van der Waals surface area contributed by atoms with Gasteiger partial charge in [0, 0.05) is 38.1 Å². The Balaban J connectivity index is 1.29.